The fraction of sp³-hybridized carbons (Fsp3) is 0.450. The highest BCUT2D eigenvalue weighted by atomic mass is 79.9. The lowest BCUT2D eigenvalue weighted by atomic mass is 10.1. The van der Waals surface area contributed by atoms with Crippen molar-refractivity contribution in [1.29, 1.82) is 0 Å². The molecule has 162 valence electrons. The van der Waals surface area contributed by atoms with E-state index in [1.807, 2.05) is 12.1 Å². The largest absolute Gasteiger partial charge is 0.497 e. The average Bonchev–Trinajstić information content (AvgIpc) is 3.04. The van der Waals surface area contributed by atoms with Gasteiger partial charge in [0.1, 0.15) is 16.5 Å². The predicted molar refractivity (Wildman–Crippen MR) is 112 cm³/mol. The molecule has 1 aromatic heterocycles. The molecule has 2 aliphatic carbocycles. The molecule has 2 saturated carbocycles. The van der Waals surface area contributed by atoms with E-state index in [0.717, 1.165) is 5.56 Å². The summed E-state index contributed by atoms with van der Waals surface area (Å²) >= 11 is 3.36. The van der Waals surface area contributed by atoms with Crippen molar-refractivity contribution in [2.45, 2.75) is 36.2 Å². The Bertz CT molecular complexity index is 1040. The molecule has 1 heterocycles. The number of sulfonamides is 1. The van der Waals surface area contributed by atoms with Crippen LogP contribution < -0.4 is 10.1 Å². The third-order valence-corrected chi connectivity index (χ3v) is 8.24. The molecule has 0 aliphatic heterocycles. The van der Waals surface area contributed by atoms with Gasteiger partial charge in [0.2, 0.25) is 10.0 Å². The van der Waals surface area contributed by atoms with Crippen LogP contribution in [0.5, 0.6) is 5.75 Å². The SMILES string of the molecule is COc1ccc(CN(C)S(=O)(=O)c2cnc(NC3C[C@@H]4[C@H](C3)C4(F)F)c(Br)c2)cc1. The number of benzene rings is 1. The maximum atomic E-state index is 13.4. The quantitative estimate of drug-likeness (QED) is 0.617. The number of alkyl halides is 2. The van der Waals surface area contributed by atoms with E-state index in [-0.39, 0.29) is 17.5 Å². The summed E-state index contributed by atoms with van der Waals surface area (Å²) in [5, 5.41) is 3.15. The second-order valence-corrected chi connectivity index (χ2v) is 10.7. The Labute approximate surface area is 182 Å². The van der Waals surface area contributed by atoms with E-state index in [0.29, 0.717) is 28.9 Å². The first-order valence-corrected chi connectivity index (χ1v) is 11.8. The van der Waals surface area contributed by atoms with E-state index >= 15 is 0 Å². The Morgan fingerprint density at radius 2 is 1.90 bits per heavy atom. The van der Waals surface area contributed by atoms with Crippen LogP contribution in [0.2, 0.25) is 0 Å². The van der Waals surface area contributed by atoms with Crippen molar-refractivity contribution in [3.8, 4) is 5.75 Å². The summed E-state index contributed by atoms with van der Waals surface area (Å²) < 4.78 is 59.4. The van der Waals surface area contributed by atoms with Crippen LogP contribution in [0.3, 0.4) is 0 Å². The van der Waals surface area contributed by atoms with Gasteiger partial charge in [-0.15, -0.1) is 0 Å². The zero-order valence-electron chi connectivity index (χ0n) is 16.5. The van der Waals surface area contributed by atoms with Crippen LogP contribution in [0.1, 0.15) is 18.4 Å². The third kappa shape index (κ3) is 3.92. The first-order chi connectivity index (χ1) is 14.1. The number of pyridine rings is 1. The van der Waals surface area contributed by atoms with Gasteiger partial charge in [0.15, 0.2) is 0 Å². The van der Waals surface area contributed by atoms with Gasteiger partial charge in [0.05, 0.1) is 11.6 Å². The molecule has 4 rings (SSSR count). The Morgan fingerprint density at radius 3 is 2.47 bits per heavy atom. The number of aromatic nitrogens is 1. The molecular formula is C20H22BrF2N3O3S. The van der Waals surface area contributed by atoms with Crippen LogP contribution in [-0.4, -0.2) is 43.8 Å². The smallest absolute Gasteiger partial charge is 0.254 e. The maximum Gasteiger partial charge on any atom is 0.254 e. The number of fused-ring (bicyclic) bond motifs is 1. The molecule has 1 aromatic carbocycles. The van der Waals surface area contributed by atoms with Crippen LogP contribution >= 0.6 is 15.9 Å². The number of hydrogen-bond acceptors (Lipinski definition) is 5. The zero-order chi connectivity index (χ0) is 21.7. The molecule has 0 amide bonds. The van der Waals surface area contributed by atoms with E-state index in [2.05, 4.69) is 26.2 Å². The fourth-order valence-electron chi connectivity index (χ4n) is 4.04. The molecule has 10 heteroatoms. The van der Waals surface area contributed by atoms with Gasteiger partial charge in [-0.3, -0.25) is 0 Å². The maximum absolute atomic E-state index is 13.4. The summed E-state index contributed by atoms with van der Waals surface area (Å²) in [4.78, 5) is 4.28. The molecule has 2 fully saturated rings. The Kier molecular flexibility index (Phi) is 5.52. The predicted octanol–water partition coefficient (Wildman–Crippen LogP) is 4.13. The van der Waals surface area contributed by atoms with E-state index in [9.17, 15) is 17.2 Å². The zero-order valence-corrected chi connectivity index (χ0v) is 18.9. The number of halogens is 3. The van der Waals surface area contributed by atoms with E-state index in [4.69, 9.17) is 4.74 Å². The van der Waals surface area contributed by atoms with Gasteiger partial charge in [0, 0.05) is 37.7 Å². The number of nitrogens with zero attached hydrogens (tertiary/aromatic N) is 2. The van der Waals surface area contributed by atoms with E-state index in [1.54, 1.807) is 19.2 Å². The summed E-state index contributed by atoms with van der Waals surface area (Å²) in [5.41, 5.74) is 0.823. The summed E-state index contributed by atoms with van der Waals surface area (Å²) in [6, 6.07) is 8.57. The molecule has 1 unspecified atom stereocenters. The molecule has 3 atom stereocenters. The van der Waals surface area contributed by atoms with Crippen molar-refractivity contribution >= 4 is 31.8 Å². The molecule has 2 aliphatic rings. The van der Waals surface area contributed by atoms with Gasteiger partial charge >= 0.3 is 0 Å². The third-order valence-electron chi connectivity index (χ3n) is 5.87. The molecule has 2 aromatic rings. The van der Waals surface area contributed by atoms with Crippen LogP contribution in [-0.2, 0) is 16.6 Å². The van der Waals surface area contributed by atoms with Crippen LogP contribution in [0.4, 0.5) is 14.6 Å². The minimum absolute atomic E-state index is 0.0525. The molecule has 30 heavy (non-hydrogen) atoms. The monoisotopic (exact) mass is 501 g/mol. The van der Waals surface area contributed by atoms with E-state index < -0.39 is 27.8 Å². The first kappa shape index (κ1) is 21.5. The molecule has 1 N–H and O–H groups in total. The number of anilines is 1. The number of hydrogen-bond donors (Lipinski definition) is 1. The molecule has 0 spiro atoms. The van der Waals surface area contributed by atoms with Crippen molar-refractivity contribution in [2.75, 3.05) is 19.5 Å². The number of nitrogens with one attached hydrogen (secondary N) is 1. The molecular weight excluding hydrogens is 480 g/mol. The summed E-state index contributed by atoms with van der Waals surface area (Å²) in [6.07, 6.45) is 2.09. The van der Waals surface area contributed by atoms with Crippen molar-refractivity contribution in [2.24, 2.45) is 11.8 Å². The van der Waals surface area contributed by atoms with Crippen LogP contribution in [0.25, 0.3) is 0 Å². The first-order valence-electron chi connectivity index (χ1n) is 9.52. The van der Waals surface area contributed by atoms with Crippen LogP contribution in [0.15, 0.2) is 45.9 Å². The lowest BCUT2D eigenvalue weighted by Gasteiger charge is -2.20. The molecule has 0 radical (unpaired) electrons. The van der Waals surface area contributed by atoms with Gasteiger partial charge in [-0.1, -0.05) is 12.1 Å². The highest BCUT2D eigenvalue weighted by Gasteiger charge is 2.71. The summed E-state index contributed by atoms with van der Waals surface area (Å²) in [6.45, 7) is 0.197. The van der Waals surface area contributed by atoms with Crippen molar-refractivity contribution in [3.05, 3.63) is 46.6 Å². The molecule has 0 saturated heterocycles. The average molecular weight is 502 g/mol. The second kappa shape index (κ2) is 7.72. The number of methoxy groups -OCH3 is 1. The second-order valence-electron chi connectivity index (χ2n) is 7.81. The number of rotatable bonds is 7. The summed E-state index contributed by atoms with van der Waals surface area (Å²) in [5.74, 6) is -2.44. The minimum Gasteiger partial charge on any atom is -0.497 e. The van der Waals surface area contributed by atoms with Gasteiger partial charge in [-0.2, -0.15) is 4.31 Å². The van der Waals surface area contributed by atoms with Gasteiger partial charge < -0.3 is 10.1 Å². The van der Waals surface area contributed by atoms with Gasteiger partial charge in [-0.25, -0.2) is 22.2 Å². The normalized spacial score (nSPS) is 24.5. The Balaban J connectivity index is 1.43. The highest BCUT2D eigenvalue weighted by Crippen LogP contribution is 2.64. The van der Waals surface area contributed by atoms with Crippen molar-refractivity contribution < 1.29 is 21.9 Å². The molecule has 0 bridgehead atoms. The van der Waals surface area contributed by atoms with Gasteiger partial charge in [0.25, 0.3) is 5.92 Å². The summed E-state index contributed by atoms with van der Waals surface area (Å²) in [7, 11) is -0.680. The number of ether oxygens (including phenoxy) is 1. The molecule has 6 nitrogen and oxygen atoms in total. The van der Waals surface area contributed by atoms with E-state index in [1.165, 1.54) is 23.6 Å². The van der Waals surface area contributed by atoms with Gasteiger partial charge in [-0.05, 0) is 52.5 Å². The topological polar surface area (TPSA) is 71.5 Å². The fourth-order valence-corrected chi connectivity index (χ4v) is 5.79. The Hall–Kier alpha value is -1.78. The van der Waals surface area contributed by atoms with Crippen LogP contribution in [0, 0.1) is 11.8 Å². The van der Waals surface area contributed by atoms with Crippen molar-refractivity contribution in [3.63, 3.8) is 0 Å². The Morgan fingerprint density at radius 1 is 1.27 bits per heavy atom. The lowest BCUT2D eigenvalue weighted by molar-refractivity contribution is 0.0710. The van der Waals surface area contributed by atoms with Crippen molar-refractivity contribution in [1.82, 2.24) is 9.29 Å². The lowest BCUT2D eigenvalue weighted by Crippen LogP contribution is -2.27. The standard InChI is InChI=1S/C20H22BrF2N3O3S/c1-26(11-12-3-5-14(29-2)6-4-12)30(27,28)15-9-18(21)19(24-10-15)25-13-7-16-17(8-13)20(16,22)23/h3-6,9-10,13,16-17H,7-8,11H2,1-2H3,(H,24,25)/t13?,16-,17+. The minimum atomic E-state index is -3.75. The highest BCUT2D eigenvalue weighted by molar-refractivity contribution is 9.10.